The first-order chi connectivity index (χ1) is 29.7. The molecular weight excluding hydrogens is 729 g/mol. The van der Waals surface area contributed by atoms with Crippen molar-refractivity contribution in [1.29, 1.82) is 5.26 Å². The Bertz CT molecular complexity index is 3520. The second-order valence-corrected chi connectivity index (χ2v) is 15.3. The molecule has 1 heterocycles. The average Bonchev–Trinajstić information content (AvgIpc) is 3.65. The van der Waals surface area contributed by atoms with E-state index < -0.39 is 0 Å². The van der Waals surface area contributed by atoms with Crippen molar-refractivity contribution < 1.29 is 0 Å². The highest BCUT2D eigenvalue weighted by Crippen LogP contribution is 2.53. The van der Waals surface area contributed by atoms with Crippen molar-refractivity contribution in [2.24, 2.45) is 0 Å². The van der Waals surface area contributed by atoms with Gasteiger partial charge < -0.3 is 0 Å². The molecule has 1 aliphatic carbocycles. The van der Waals surface area contributed by atoms with E-state index in [2.05, 4.69) is 152 Å². The molecule has 0 spiro atoms. The van der Waals surface area contributed by atoms with Crippen LogP contribution in [-0.4, -0.2) is 15.0 Å². The van der Waals surface area contributed by atoms with E-state index in [0.29, 0.717) is 23.0 Å². The van der Waals surface area contributed by atoms with Crippen molar-refractivity contribution in [2.75, 3.05) is 0 Å². The molecule has 4 nitrogen and oxygen atoms in total. The topological polar surface area (TPSA) is 62.5 Å². The first-order valence-corrected chi connectivity index (χ1v) is 20.2. The molecule has 0 saturated heterocycles. The van der Waals surface area contributed by atoms with Crippen LogP contribution in [0.15, 0.2) is 194 Å². The Morgan fingerprint density at radius 2 is 0.767 bits per heavy atom. The van der Waals surface area contributed by atoms with E-state index in [-0.39, 0.29) is 0 Å². The molecule has 4 heteroatoms. The highest BCUT2D eigenvalue weighted by Gasteiger charge is 2.27. The van der Waals surface area contributed by atoms with E-state index in [1.54, 1.807) is 0 Å². The Morgan fingerprint density at radius 3 is 1.38 bits per heavy atom. The molecule has 0 radical (unpaired) electrons. The molecule has 1 aromatic heterocycles. The number of rotatable bonds is 5. The average molecular weight is 761 g/mol. The summed E-state index contributed by atoms with van der Waals surface area (Å²) < 4.78 is 0. The first-order valence-electron chi connectivity index (χ1n) is 20.2. The maximum absolute atomic E-state index is 10.1. The Morgan fingerprint density at radius 1 is 0.317 bits per heavy atom. The molecule has 0 saturated carbocycles. The molecule has 10 aromatic carbocycles. The van der Waals surface area contributed by atoms with Gasteiger partial charge in [0, 0.05) is 22.1 Å². The predicted molar refractivity (Wildman–Crippen MR) is 246 cm³/mol. The third-order valence-corrected chi connectivity index (χ3v) is 12.1. The minimum atomic E-state index is 0.627. The van der Waals surface area contributed by atoms with Crippen LogP contribution in [0.1, 0.15) is 5.56 Å². The van der Waals surface area contributed by atoms with Crippen LogP contribution in [-0.2, 0) is 0 Å². The maximum Gasteiger partial charge on any atom is 0.165 e. The first kappa shape index (κ1) is 33.8. The number of benzene rings is 10. The van der Waals surface area contributed by atoms with Gasteiger partial charge in [-0.3, -0.25) is 0 Å². The van der Waals surface area contributed by atoms with Crippen LogP contribution in [0.3, 0.4) is 0 Å². The second kappa shape index (κ2) is 13.4. The molecule has 0 bridgehead atoms. The normalized spacial score (nSPS) is 11.7. The van der Waals surface area contributed by atoms with Gasteiger partial charge in [-0.1, -0.05) is 182 Å². The zero-order valence-electron chi connectivity index (χ0n) is 32.3. The van der Waals surface area contributed by atoms with Gasteiger partial charge in [0.2, 0.25) is 0 Å². The highest BCUT2D eigenvalue weighted by atomic mass is 15.0. The Balaban J connectivity index is 1.18. The zero-order chi connectivity index (χ0) is 39.7. The maximum atomic E-state index is 10.1. The van der Waals surface area contributed by atoms with Gasteiger partial charge in [0.05, 0.1) is 11.6 Å². The van der Waals surface area contributed by atoms with E-state index in [4.69, 9.17) is 15.0 Å². The van der Waals surface area contributed by atoms with Crippen molar-refractivity contribution in [3.05, 3.63) is 200 Å². The zero-order valence-corrected chi connectivity index (χ0v) is 32.3. The Hall–Kier alpha value is -8.26. The second-order valence-electron chi connectivity index (χ2n) is 15.3. The number of nitrogens with zero attached hydrogens (tertiary/aromatic N) is 4. The fraction of sp³-hybridized carbons (Fsp3) is 0. The highest BCUT2D eigenvalue weighted by molar-refractivity contribution is 6.26. The third kappa shape index (κ3) is 5.13. The number of nitriles is 1. The molecule has 60 heavy (non-hydrogen) atoms. The number of hydrogen-bond donors (Lipinski definition) is 0. The number of aromatic nitrogens is 3. The summed E-state index contributed by atoms with van der Waals surface area (Å²) in [5.74, 6) is 1.88. The molecule has 0 fully saturated rings. The molecule has 0 aliphatic heterocycles. The van der Waals surface area contributed by atoms with E-state index >= 15 is 0 Å². The summed E-state index contributed by atoms with van der Waals surface area (Å²) in [6.45, 7) is 0. The lowest BCUT2D eigenvalue weighted by Gasteiger charge is -2.19. The van der Waals surface area contributed by atoms with Crippen LogP contribution in [0.4, 0.5) is 0 Å². The van der Waals surface area contributed by atoms with Crippen LogP contribution >= 0.6 is 0 Å². The Kier molecular flexibility index (Phi) is 7.57. The molecular formula is C56H32N4. The summed E-state index contributed by atoms with van der Waals surface area (Å²) >= 11 is 0. The molecule has 276 valence electrons. The van der Waals surface area contributed by atoms with Crippen molar-refractivity contribution in [2.45, 2.75) is 0 Å². The lowest BCUT2D eigenvalue weighted by molar-refractivity contribution is 1.08. The summed E-state index contributed by atoms with van der Waals surface area (Å²) in [5, 5.41) is 18.9. The standard InChI is InChI=1S/C56H32N4/c57-33-37-26-27-44(40-21-10-9-19-38(37)40)49-31-29-47-42-23-12-11-22-41(42)46-28-30-48(52(49)51(46)47)43-24-13-25-45-50(43)32-36-18-7-8-20-39(36)53(45)56-59-54(34-14-3-1-4-15-34)58-55(60-56)35-16-5-2-6-17-35/h1-32H. The van der Waals surface area contributed by atoms with Crippen molar-refractivity contribution in [1.82, 2.24) is 15.0 Å². The van der Waals surface area contributed by atoms with Crippen molar-refractivity contribution in [3.63, 3.8) is 0 Å². The quantitative estimate of drug-likeness (QED) is 0.164. The molecule has 1 aliphatic rings. The van der Waals surface area contributed by atoms with Gasteiger partial charge >= 0.3 is 0 Å². The van der Waals surface area contributed by atoms with Crippen LogP contribution < -0.4 is 0 Å². The van der Waals surface area contributed by atoms with Gasteiger partial charge in [0.15, 0.2) is 17.5 Å². The molecule has 0 amide bonds. The predicted octanol–water partition coefficient (Wildman–Crippen LogP) is 14.3. The minimum Gasteiger partial charge on any atom is -0.208 e. The van der Waals surface area contributed by atoms with Gasteiger partial charge in [-0.15, -0.1) is 0 Å². The van der Waals surface area contributed by atoms with Gasteiger partial charge in [0.1, 0.15) is 0 Å². The van der Waals surface area contributed by atoms with Gasteiger partial charge in [-0.2, -0.15) is 5.26 Å². The fourth-order valence-electron chi connectivity index (χ4n) is 9.46. The van der Waals surface area contributed by atoms with E-state index in [0.717, 1.165) is 71.3 Å². The SMILES string of the molecule is N#Cc1ccc(-c2ccc3c4c(ccc(-c5cccc6c(-c7nc(-c8ccccc8)nc(-c8ccccc8)n7)c7ccccc7cc56)c24)-c2ccccc2-3)c2ccccc12. The van der Waals surface area contributed by atoms with Crippen LogP contribution in [0.5, 0.6) is 0 Å². The smallest absolute Gasteiger partial charge is 0.165 e. The molecule has 0 N–H and O–H groups in total. The van der Waals surface area contributed by atoms with Crippen LogP contribution in [0.25, 0.3) is 122 Å². The largest absolute Gasteiger partial charge is 0.208 e. The van der Waals surface area contributed by atoms with Gasteiger partial charge in [-0.25, -0.2) is 15.0 Å². The van der Waals surface area contributed by atoms with E-state index in [1.807, 2.05) is 48.5 Å². The fourth-order valence-corrected chi connectivity index (χ4v) is 9.46. The minimum absolute atomic E-state index is 0.627. The summed E-state index contributed by atoms with van der Waals surface area (Å²) in [6.07, 6.45) is 0. The molecule has 0 unspecified atom stereocenters. The van der Waals surface area contributed by atoms with E-state index in [9.17, 15) is 5.26 Å². The third-order valence-electron chi connectivity index (χ3n) is 12.1. The van der Waals surface area contributed by atoms with Crippen LogP contribution in [0, 0.1) is 11.3 Å². The number of fused-ring (bicyclic) bond motifs is 6. The number of hydrogen-bond acceptors (Lipinski definition) is 4. The molecule has 11 aromatic rings. The lowest BCUT2D eigenvalue weighted by Crippen LogP contribution is -2.01. The Labute approximate surface area is 346 Å². The van der Waals surface area contributed by atoms with Crippen LogP contribution in [0.2, 0.25) is 0 Å². The van der Waals surface area contributed by atoms with Crippen molar-refractivity contribution >= 4 is 43.1 Å². The van der Waals surface area contributed by atoms with E-state index in [1.165, 1.54) is 33.0 Å². The summed E-state index contributed by atoms with van der Waals surface area (Å²) in [4.78, 5) is 15.5. The summed E-state index contributed by atoms with van der Waals surface area (Å²) in [5.41, 5.74) is 13.0. The van der Waals surface area contributed by atoms with Gasteiger partial charge in [-0.05, 0) is 94.3 Å². The lowest BCUT2D eigenvalue weighted by atomic mass is 9.84. The molecule has 12 rings (SSSR count). The monoisotopic (exact) mass is 760 g/mol. The van der Waals surface area contributed by atoms with Gasteiger partial charge in [0.25, 0.3) is 0 Å². The van der Waals surface area contributed by atoms with Crippen molar-refractivity contribution in [3.8, 4) is 84.7 Å². The summed E-state index contributed by atoms with van der Waals surface area (Å²) in [7, 11) is 0. The summed E-state index contributed by atoms with van der Waals surface area (Å²) in [6, 6.07) is 70.5. The molecule has 0 atom stereocenters.